The van der Waals surface area contributed by atoms with Gasteiger partial charge in [0.15, 0.2) is 0 Å². The van der Waals surface area contributed by atoms with E-state index in [0.29, 0.717) is 10.8 Å². The Morgan fingerprint density at radius 3 is 2.29 bits per heavy atom. The van der Waals surface area contributed by atoms with Gasteiger partial charge in [0.1, 0.15) is 0 Å². The van der Waals surface area contributed by atoms with Gasteiger partial charge in [-0.25, -0.2) is 0 Å². The van der Waals surface area contributed by atoms with Crippen molar-refractivity contribution in [1.82, 2.24) is 0 Å². The Kier molecular flexibility index (Phi) is 6.35. The molecule has 0 spiro atoms. The van der Waals surface area contributed by atoms with Crippen LogP contribution in [0.5, 0.6) is 0 Å². The van der Waals surface area contributed by atoms with E-state index < -0.39 is 0 Å². The van der Waals surface area contributed by atoms with Crippen LogP contribution in [-0.2, 0) is 0 Å². The summed E-state index contributed by atoms with van der Waals surface area (Å²) >= 11 is 3.97. The van der Waals surface area contributed by atoms with E-state index >= 15 is 0 Å². The third-order valence-electron chi connectivity index (χ3n) is 10.8. The molecule has 0 radical (unpaired) electrons. The minimum atomic E-state index is 0.661. The van der Waals surface area contributed by atoms with Gasteiger partial charge in [-0.1, -0.05) is 69.8 Å². The van der Waals surface area contributed by atoms with Crippen LogP contribution in [0.4, 0.5) is 0 Å². The maximum atomic E-state index is 3.97. The lowest BCUT2D eigenvalue weighted by Crippen LogP contribution is -2.53. The second-order valence-electron chi connectivity index (χ2n) is 12.6. The summed E-state index contributed by atoms with van der Waals surface area (Å²) in [7, 11) is 0. The second-order valence-corrected chi connectivity index (χ2v) is 13.9. The first-order valence-corrected chi connectivity index (χ1v) is 13.8. The maximum absolute atomic E-state index is 3.97. The molecule has 0 nitrogen and oxygen atoms in total. The van der Waals surface area contributed by atoms with Crippen LogP contribution in [0.2, 0.25) is 0 Å². The normalized spacial score (nSPS) is 49.4. The summed E-state index contributed by atoms with van der Waals surface area (Å²) in [5.41, 5.74) is 1.32. The van der Waals surface area contributed by atoms with Gasteiger partial charge in [0, 0.05) is 4.83 Å². The summed E-state index contributed by atoms with van der Waals surface area (Å²) in [4.78, 5) is 0.804. The first kappa shape index (κ1) is 21.7. The molecule has 0 saturated heterocycles. The highest BCUT2D eigenvalue weighted by Gasteiger charge is 2.60. The van der Waals surface area contributed by atoms with Crippen LogP contribution < -0.4 is 0 Å². The van der Waals surface area contributed by atoms with Gasteiger partial charge in [-0.15, -0.1) is 0 Å². The number of fused-ring (bicyclic) bond motifs is 5. The Balaban J connectivity index is 1.46. The van der Waals surface area contributed by atoms with E-state index in [0.717, 1.165) is 46.3 Å². The molecule has 4 rings (SSSR count). The van der Waals surface area contributed by atoms with Crippen LogP contribution in [0, 0.1) is 52.3 Å². The van der Waals surface area contributed by atoms with Gasteiger partial charge < -0.3 is 0 Å². The van der Waals surface area contributed by atoms with Gasteiger partial charge in [-0.05, 0) is 110 Å². The number of alkyl halides is 1. The van der Waals surface area contributed by atoms with Crippen molar-refractivity contribution >= 4 is 15.9 Å². The maximum Gasteiger partial charge on any atom is 0.0148 e. The minimum absolute atomic E-state index is 0.661. The highest BCUT2D eigenvalue weighted by atomic mass is 79.9. The topological polar surface area (TPSA) is 0 Å². The fourth-order valence-electron chi connectivity index (χ4n) is 9.23. The molecule has 0 N–H and O–H groups in total. The monoisotopic (exact) mass is 450 g/mol. The predicted octanol–water partition coefficient (Wildman–Crippen LogP) is 8.87. The molecule has 4 saturated carbocycles. The number of rotatable bonds is 5. The smallest absolute Gasteiger partial charge is 0.0148 e. The summed E-state index contributed by atoms with van der Waals surface area (Å²) in [5, 5.41) is 0. The highest BCUT2D eigenvalue weighted by molar-refractivity contribution is 9.09. The van der Waals surface area contributed by atoms with Gasteiger partial charge in [0.2, 0.25) is 0 Å². The zero-order valence-electron chi connectivity index (χ0n) is 19.5. The van der Waals surface area contributed by atoms with Crippen LogP contribution in [0.3, 0.4) is 0 Å². The first-order chi connectivity index (χ1) is 13.3. The van der Waals surface area contributed by atoms with Crippen LogP contribution >= 0.6 is 15.9 Å². The molecule has 4 fully saturated rings. The average Bonchev–Trinajstić information content (AvgIpc) is 2.99. The molecular formula is C27H47Br. The fraction of sp³-hybridized carbons (Fsp3) is 1.00. The van der Waals surface area contributed by atoms with Crippen molar-refractivity contribution in [3.05, 3.63) is 0 Å². The summed E-state index contributed by atoms with van der Waals surface area (Å²) in [5.74, 6) is 6.97. The lowest BCUT2D eigenvalue weighted by molar-refractivity contribution is -0.113. The van der Waals surface area contributed by atoms with Gasteiger partial charge in [0.05, 0.1) is 0 Å². The SMILES string of the molecule is CC(C)CCC[C@@H](C)[C@H]1CC[C@H]2[C@@H]3CCC4CC(Br)CC[C@]4(C)[C@H]3CC[C@]12C. The van der Waals surface area contributed by atoms with Crippen molar-refractivity contribution < 1.29 is 0 Å². The third kappa shape index (κ3) is 3.67. The van der Waals surface area contributed by atoms with E-state index in [2.05, 4.69) is 50.5 Å². The molecular weight excluding hydrogens is 404 g/mol. The zero-order chi connectivity index (χ0) is 20.1. The van der Waals surface area contributed by atoms with Crippen LogP contribution in [0.25, 0.3) is 0 Å². The molecule has 0 aliphatic heterocycles. The molecule has 9 atom stereocenters. The van der Waals surface area contributed by atoms with Crippen LogP contribution in [0.15, 0.2) is 0 Å². The molecule has 0 aromatic rings. The van der Waals surface area contributed by atoms with Gasteiger partial charge >= 0.3 is 0 Å². The van der Waals surface area contributed by atoms with Crippen LogP contribution in [-0.4, -0.2) is 4.83 Å². The van der Waals surface area contributed by atoms with Gasteiger partial charge in [0.25, 0.3) is 0 Å². The number of hydrogen-bond acceptors (Lipinski definition) is 0. The Morgan fingerprint density at radius 1 is 0.821 bits per heavy atom. The van der Waals surface area contributed by atoms with Gasteiger partial charge in [-0.2, -0.15) is 0 Å². The summed E-state index contributed by atoms with van der Waals surface area (Å²) in [6.07, 6.45) is 18.0. The quantitative estimate of drug-likeness (QED) is 0.366. The Labute approximate surface area is 184 Å². The molecule has 0 bridgehead atoms. The molecule has 2 unspecified atom stereocenters. The van der Waals surface area contributed by atoms with E-state index in [1.807, 2.05) is 0 Å². The number of halogens is 1. The predicted molar refractivity (Wildman–Crippen MR) is 126 cm³/mol. The van der Waals surface area contributed by atoms with E-state index in [1.165, 1.54) is 57.8 Å². The molecule has 4 aliphatic rings. The molecule has 0 aromatic carbocycles. The average molecular weight is 452 g/mol. The number of hydrogen-bond donors (Lipinski definition) is 0. The minimum Gasteiger partial charge on any atom is -0.0891 e. The van der Waals surface area contributed by atoms with Crippen molar-refractivity contribution in [2.24, 2.45) is 52.3 Å². The molecule has 0 aromatic heterocycles. The van der Waals surface area contributed by atoms with Gasteiger partial charge in [-0.3, -0.25) is 0 Å². The van der Waals surface area contributed by atoms with Crippen molar-refractivity contribution in [2.75, 3.05) is 0 Å². The summed E-state index contributed by atoms with van der Waals surface area (Å²) < 4.78 is 0. The standard InChI is InChI=1S/C27H47Br/c1-18(2)7-6-8-19(3)23-11-12-24-22-10-9-20-17-21(28)13-15-26(20,4)25(22)14-16-27(23,24)5/h18-25H,6-17H2,1-5H3/t19-,20?,21?,22+,23-,24+,25+,26+,27-/m1/s1. The largest absolute Gasteiger partial charge is 0.0891 e. The van der Waals surface area contributed by atoms with Crippen LogP contribution in [0.1, 0.15) is 112 Å². The summed E-state index contributed by atoms with van der Waals surface area (Å²) in [6, 6.07) is 0. The molecule has 0 heterocycles. The molecule has 162 valence electrons. The lowest BCUT2D eigenvalue weighted by Gasteiger charge is -2.61. The van der Waals surface area contributed by atoms with E-state index in [4.69, 9.17) is 0 Å². The second kappa shape index (κ2) is 8.20. The van der Waals surface area contributed by atoms with E-state index in [1.54, 1.807) is 19.3 Å². The third-order valence-corrected chi connectivity index (χ3v) is 11.6. The summed E-state index contributed by atoms with van der Waals surface area (Å²) in [6.45, 7) is 12.9. The lowest BCUT2D eigenvalue weighted by atomic mass is 9.44. The van der Waals surface area contributed by atoms with E-state index in [-0.39, 0.29) is 0 Å². The zero-order valence-corrected chi connectivity index (χ0v) is 21.1. The Hall–Kier alpha value is 0.480. The van der Waals surface area contributed by atoms with E-state index in [9.17, 15) is 0 Å². The molecule has 4 aliphatic carbocycles. The molecule has 28 heavy (non-hydrogen) atoms. The molecule has 1 heteroatoms. The Bertz CT molecular complexity index is 540. The first-order valence-electron chi connectivity index (χ1n) is 12.9. The fourth-order valence-corrected chi connectivity index (χ4v) is 9.91. The van der Waals surface area contributed by atoms with Crippen molar-refractivity contribution in [3.8, 4) is 0 Å². The van der Waals surface area contributed by atoms with Crippen molar-refractivity contribution in [1.29, 1.82) is 0 Å². The van der Waals surface area contributed by atoms with Crippen molar-refractivity contribution in [2.45, 2.75) is 116 Å². The molecule has 0 amide bonds. The van der Waals surface area contributed by atoms with Crippen molar-refractivity contribution in [3.63, 3.8) is 0 Å². The Morgan fingerprint density at radius 2 is 1.54 bits per heavy atom. The highest BCUT2D eigenvalue weighted by Crippen LogP contribution is 2.68.